The van der Waals surface area contributed by atoms with Gasteiger partial charge in [0.15, 0.2) is 18.1 Å². The lowest BCUT2D eigenvalue weighted by Crippen LogP contribution is -2.40. The molecule has 0 aliphatic carbocycles. The second-order valence-corrected chi connectivity index (χ2v) is 8.44. The molecule has 11 nitrogen and oxygen atoms in total. The van der Waals surface area contributed by atoms with Crippen LogP contribution in [-0.4, -0.2) is 40.5 Å². The van der Waals surface area contributed by atoms with E-state index in [0.29, 0.717) is 52.5 Å². The summed E-state index contributed by atoms with van der Waals surface area (Å²) in [5.41, 5.74) is 7.25. The summed E-state index contributed by atoms with van der Waals surface area (Å²) in [5.74, 6) is -0.279. The number of rotatable bonds is 10. The summed E-state index contributed by atoms with van der Waals surface area (Å²) in [4.78, 5) is 15.8. The van der Waals surface area contributed by atoms with E-state index in [1.165, 1.54) is 4.57 Å². The van der Waals surface area contributed by atoms with Crippen molar-refractivity contribution in [1.29, 1.82) is 0 Å². The van der Waals surface area contributed by atoms with E-state index in [4.69, 9.17) is 11.0 Å². The van der Waals surface area contributed by atoms with Crippen LogP contribution in [0, 0.1) is 6.92 Å². The molecule has 2 aromatic heterocycles. The van der Waals surface area contributed by atoms with Gasteiger partial charge >= 0.3 is 5.56 Å². The van der Waals surface area contributed by atoms with Crippen LogP contribution < -0.4 is 15.9 Å². The number of nitrogen functional groups attached to an aromatic ring is 1. The molecule has 0 saturated heterocycles. The lowest BCUT2D eigenvalue weighted by Gasteiger charge is -2.14. The highest BCUT2D eigenvalue weighted by Crippen LogP contribution is 2.36. The van der Waals surface area contributed by atoms with Crippen LogP contribution in [0.15, 0.2) is 68.7 Å². The van der Waals surface area contributed by atoms with Gasteiger partial charge in [-0.05, 0) is 52.2 Å². The maximum Gasteiger partial charge on any atom is 0.326 e. The number of azo groups is 1. The molecule has 0 fully saturated rings. The monoisotopic (exact) mass is 487 g/mol. The Bertz CT molecular complexity index is 1220. The lowest BCUT2D eigenvalue weighted by molar-refractivity contribution is -0.597. The van der Waals surface area contributed by atoms with Crippen molar-refractivity contribution in [2.24, 2.45) is 10.2 Å². The third kappa shape index (κ3) is 5.98. The second-order valence-electron chi connectivity index (χ2n) is 7.70. The van der Waals surface area contributed by atoms with Crippen LogP contribution in [0.3, 0.4) is 0 Å². The topological polar surface area (TPSA) is 139 Å². The van der Waals surface area contributed by atoms with Gasteiger partial charge in [0.1, 0.15) is 5.69 Å². The Morgan fingerprint density at radius 1 is 1.21 bits per heavy atom. The van der Waals surface area contributed by atoms with Gasteiger partial charge in [-0.15, -0.1) is 14.6 Å². The molecular weight excluding hydrogens is 460 g/mol. The molecule has 1 aromatic carbocycles. The molecule has 0 radical (unpaired) electrons. The molecule has 0 amide bonds. The van der Waals surface area contributed by atoms with E-state index in [-0.39, 0.29) is 17.1 Å². The maximum atomic E-state index is 13.4. The zero-order valence-corrected chi connectivity index (χ0v) is 19.9. The number of pyridine rings is 2. The van der Waals surface area contributed by atoms with E-state index in [2.05, 4.69) is 19.6 Å². The number of anilines is 1. The molecule has 0 saturated carbocycles. The normalized spacial score (nSPS) is 11.6. The second kappa shape index (κ2) is 11.7. The highest BCUT2D eigenvalue weighted by Gasteiger charge is 2.25. The fourth-order valence-electron chi connectivity index (χ4n) is 3.35. The molecule has 0 aliphatic rings. The quantitative estimate of drug-likeness (QED) is 0.0986. The number of nitrogens with two attached hydrogens (primary N) is 1. The van der Waals surface area contributed by atoms with Gasteiger partial charge in [-0.3, -0.25) is 9.36 Å². The van der Waals surface area contributed by atoms with Crippen LogP contribution in [0.4, 0.5) is 17.1 Å². The smallest absolute Gasteiger partial charge is 0.326 e. The van der Waals surface area contributed by atoms with Crippen LogP contribution in [0.25, 0.3) is 5.69 Å². The molecule has 0 spiro atoms. The van der Waals surface area contributed by atoms with E-state index in [0.717, 1.165) is 6.54 Å². The number of hydrogen-bond donors (Lipinski definition) is 3. The molecule has 4 N–H and O–H groups in total. The van der Waals surface area contributed by atoms with Gasteiger partial charge < -0.3 is 15.7 Å². The number of aromatic nitrogens is 2. The minimum absolute atomic E-state index is 0.147. The number of aromatic hydroxyl groups is 1. The Kier molecular flexibility index (Phi) is 8.73. The average molecular weight is 488 g/mol. The fourth-order valence-corrected chi connectivity index (χ4v) is 3.77. The van der Waals surface area contributed by atoms with Gasteiger partial charge in [0.25, 0.3) is 5.69 Å². The molecule has 180 valence electrons. The Morgan fingerprint density at radius 2 is 1.94 bits per heavy atom. The van der Waals surface area contributed by atoms with Crippen molar-refractivity contribution in [3.05, 3.63) is 64.7 Å². The van der Waals surface area contributed by atoms with Gasteiger partial charge in [0.05, 0.1) is 22.5 Å². The number of benzene rings is 1. The zero-order chi connectivity index (χ0) is 24.7. The highest BCUT2D eigenvalue weighted by molar-refractivity contribution is 7.94. The van der Waals surface area contributed by atoms with Gasteiger partial charge in [-0.25, -0.2) is 5.26 Å². The minimum Gasteiger partial charge on any atom is -0.493 e. The van der Waals surface area contributed by atoms with Crippen molar-refractivity contribution in [3.63, 3.8) is 0 Å². The molecule has 0 bridgehead atoms. The first-order valence-corrected chi connectivity index (χ1v) is 11.1. The summed E-state index contributed by atoms with van der Waals surface area (Å²) in [7, 11) is 3.88. The molecule has 0 unspecified atom stereocenters. The van der Waals surface area contributed by atoms with Crippen LogP contribution >= 0.6 is 12.0 Å². The van der Waals surface area contributed by atoms with Crippen molar-refractivity contribution in [2.75, 3.05) is 26.4 Å². The zero-order valence-electron chi connectivity index (χ0n) is 19.1. The van der Waals surface area contributed by atoms with E-state index in [1.54, 1.807) is 42.1 Å². The lowest BCUT2D eigenvalue weighted by atomic mass is 10.2. The summed E-state index contributed by atoms with van der Waals surface area (Å²) < 4.78 is 7.49. The van der Waals surface area contributed by atoms with Gasteiger partial charge in [-0.2, -0.15) is 4.57 Å². The van der Waals surface area contributed by atoms with E-state index in [1.807, 2.05) is 37.2 Å². The molecule has 12 heteroatoms. The van der Waals surface area contributed by atoms with Crippen molar-refractivity contribution < 1.29 is 24.3 Å². The van der Waals surface area contributed by atoms with Crippen LogP contribution in [0.1, 0.15) is 12.0 Å². The summed E-state index contributed by atoms with van der Waals surface area (Å²) in [6, 6.07) is 10.3. The molecule has 2 heterocycles. The molecule has 3 aromatic rings. The largest absolute Gasteiger partial charge is 0.493 e. The molecule has 3 rings (SSSR count). The first-order valence-electron chi connectivity index (χ1n) is 10.4. The van der Waals surface area contributed by atoms with Crippen LogP contribution in [0.5, 0.6) is 5.88 Å². The predicted molar refractivity (Wildman–Crippen MR) is 127 cm³/mol. The highest BCUT2D eigenvalue weighted by atomic mass is 32.2. The molecule has 0 aliphatic heterocycles. The van der Waals surface area contributed by atoms with Crippen molar-refractivity contribution in [1.82, 2.24) is 9.47 Å². The van der Waals surface area contributed by atoms with E-state index >= 15 is 0 Å². The average Bonchev–Trinajstić information content (AvgIpc) is 2.81. The maximum absolute atomic E-state index is 13.4. The predicted octanol–water partition coefficient (Wildman–Crippen LogP) is 3.52. The van der Waals surface area contributed by atoms with Crippen molar-refractivity contribution >= 4 is 29.1 Å². The van der Waals surface area contributed by atoms with Crippen molar-refractivity contribution in [2.45, 2.75) is 24.8 Å². The summed E-state index contributed by atoms with van der Waals surface area (Å²) in [6.07, 6.45) is 4.16. The van der Waals surface area contributed by atoms with E-state index < -0.39 is 0 Å². The number of nitrogens with zero attached hydrogens (tertiary/aromatic N) is 5. The Balaban J connectivity index is 2.13. The minimum atomic E-state index is -0.336. The first-order chi connectivity index (χ1) is 16.3. The Labute approximate surface area is 200 Å². The standard InChI is InChI=1S/C22H26N6O5S/c1-15-19(25-24-17-14-16(23)8-9-18(17)34-33-32-31)21(29)28(13-7-10-26(2)3)22(30)20(15)27-11-5-4-6-12-27/h4-6,8-9,11-12,14H,7,10,13,23H2,1-3H3,(H-,29,31)/p+1. The van der Waals surface area contributed by atoms with Crippen LogP contribution in [0.2, 0.25) is 0 Å². The summed E-state index contributed by atoms with van der Waals surface area (Å²) >= 11 is 0.711. The Hall–Kier alpha value is -3.29. The van der Waals surface area contributed by atoms with Gasteiger partial charge in [0, 0.05) is 24.4 Å². The molecule has 34 heavy (non-hydrogen) atoms. The first kappa shape index (κ1) is 25.3. The fraction of sp³-hybridized carbons (Fsp3) is 0.273. The summed E-state index contributed by atoms with van der Waals surface area (Å²) in [6.45, 7) is 2.74. The third-order valence-electron chi connectivity index (χ3n) is 4.98. The van der Waals surface area contributed by atoms with Crippen LogP contribution in [-0.2, 0) is 15.9 Å². The molecular formula is C22H27N6O5S+. The molecule has 0 atom stereocenters. The van der Waals surface area contributed by atoms with Crippen molar-refractivity contribution in [3.8, 4) is 11.6 Å². The third-order valence-corrected chi connectivity index (χ3v) is 5.64. The van der Waals surface area contributed by atoms with Gasteiger partial charge in [0.2, 0.25) is 5.88 Å². The Morgan fingerprint density at radius 3 is 2.62 bits per heavy atom. The summed E-state index contributed by atoms with van der Waals surface area (Å²) in [5, 5.41) is 31.6. The van der Waals surface area contributed by atoms with Gasteiger partial charge in [-0.1, -0.05) is 11.1 Å². The SMILES string of the molecule is Cc1c(N=Nc2cc(N)ccc2SOOO)c(O)n(CCCN(C)C)c(=O)c1-[n+]1ccccc1. The van der Waals surface area contributed by atoms with E-state index in [9.17, 15) is 9.90 Å². The number of hydrogen-bond acceptors (Lipinski definition) is 10.